The number of benzene rings is 1. The SMILES string of the molecule is CC1(C)OP(Oc2ccccc2)OC1=O. The fourth-order valence-corrected chi connectivity index (χ4v) is 2.23. The summed E-state index contributed by atoms with van der Waals surface area (Å²) in [4.78, 5) is 11.3. The topological polar surface area (TPSA) is 44.8 Å². The third-order valence-corrected chi connectivity index (χ3v) is 3.16. The van der Waals surface area contributed by atoms with Crippen molar-refractivity contribution in [3.05, 3.63) is 30.3 Å². The molecule has 0 amide bonds. The minimum absolute atomic E-state index is 0.385. The summed E-state index contributed by atoms with van der Waals surface area (Å²) in [6, 6.07) is 9.13. The molecular weight excluding hydrogens is 215 g/mol. The highest BCUT2D eigenvalue weighted by Crippen LogP contribution is 2.50. The Labute approximate surface area is 89.1 Å². The van der Waals surface area contributed by atoms with Gasteiger partial charge in [-0.25, -0.2) is 4.79 Å². The number of para-hydroxylation sites is 1. The Morgan fingerprint density at radius 3 is 2.47 bits per heavy atom. The van der Waals surface area contributed by atoms with E-state index in [1.54, 1.807) is 26.0 Å². The summed E-state index contributed by atoms with van der Waals surface area (Å²) >= 11 is 0. The van der Waals surface area contributed by atoms with E-state index >= 15 is 0 Å². The second kappa shape index (κ2) is 3.80. The van der Waals surface area contributed by atoms with Gasteiger partial charge in [0, 0.05) is 0 Å². The van der Waals surface area contributed by atoms with E-state index in [1.165, 1.54) is 0 Å². The van der Waals surface area contributed by atoms with E-state index in [0.717, 1.165) is 0 Å². The lowest BCUT2D eigenvalue weighted by molar-refractivity contribution is -0.140. The molecule has 15 heavy (non-hydrogen) atoms. The van der Waals surface area contributed by atoms with Gasteiger partial charge < -0.3 is 9.05 Å². The van der Waals surface area contributed by atoms with E-state index in [-0.39, 0.29) is 5.97 Å². The van der Waals surface area contributed by atoms with Crippen LogP contribution in [-0.4, -0.2) is 11.6 Å². The van der Waals surface area contributed by atoms with Crippen LogP contribution in [-0.2, 0) is 13.8 Å². The molecule has 0 aliphatic carbocycles. The molecule has 1 unspecified atom stereocenters. The monoisotopic (exact) mass is 226 g/mol. The fraction of sp³-hybridized carbons (Fsp3) is 0.300. The molecule has 1 aromatic carbocycles. The van der Waals surface area contributed by atoms with E-state index < -0.39 is 14.2 Å². The Morgan fingerprint density at radius 1 is 1.27 bits per heavy atom. The number of carbonyl (C=O) groups is 1. The molecule has 0 aromatic heterocycles. The van der Waals surface area contributed by atoms with Gasteiger partial charge in [-0.1, -0.05) is 18.2 Å². The molecule has 4 nitrogen and oxygen atoms in total. The van der Waals surface area contributed by atoms with Crippen LogP contribution < -0.4 is 4.52 Å². The second-order valence-electron chi connectivity index (χ2n) is 3.61. The van der Waals surface area contributed by atoms with Gasteiger partial charge in [-0.3, -0.25) is 4.52 Å². The first-order chi connectivity index (χ1) is 7.08. The van der Waals surface area contributed by atoms with E-state index in [1.807, 2.05) is 18.2 Å². The van der Waals surface area contributed by atoms with Crippen LogP contribution in [0.5, 0.6) is 5.75 Å². The van der Waals surface area contributed by atoms with Gasteiger partial charge in [0.25, 0.3) is 0 Å². The van der Waals surface area contributed by atoms with Gasteiger partial charge in [0.15, 0.2) is 5.60 Å². The third-order valence-electron chi connectivity index (χ3n) is 1.87. The van der Waals surface area contributed by atoms with Gasteiger partial charge in [-0.05, 0) is 26.0 Å². The number of rotatable bonds is 2. The van der Waals surface area contributed by atoms with Crippen molar-refractivity contribution in [1.82, 2.24) is 0 Å². The molecule has 1 atom stereocenters. The lowest BCUT2D eigenvalue weighted by atomic mass is 10.1. The first-order valence-electron chi connectivity index (χ1n) is 4.52. The maximum Gasteiger partial charge on any atom is 0.466 e. The van der Waals surface area contributed by atoms with Crippen molar-refractivity contribution in [1.29, 1.82) is 0 Å². The maximum absolute atomic E-state index is 11.3. The van der Waals surface area contributed by atoms with Crippen molar-refractivity contribution >= 4 is 14.6 Å². The van der Waals surface area contributed by atoms with Crippen LogP contribution in [0.25, 0.3) is 0 Å². The molecule has 1 aliphatic heterocycles. The highest BCUT2D eigenvalue weighted by atomic mass is 31.2. The smallest absolute Gasteiger partial charge is 0.418 e. The summed E-state index contributed by atoms with van der Waals surface area (Å²) in [7, 11) is -1.60. The molecule has 1 aromatic rings. The van der Waals surface area contributed by atoms with Crippen molar-refractivity contribution in [2.75, 3.05) is 0 Å². The Morgan fingerprint density at radius 2 is 1.93 bits per heavy atom. The van der Waals surface area contributed by atoms with Crippen LogP contribution in [0.15, 0.2) is 30.3 Å². The van der Waals surface area contributed by atoms with Crippen LogP contribution in [0.3, 0.4) is 0 Å². The van der Waals surface area contributed by atoms with Crippen molar-refractivity contribution in [3.8, 4) is 5.75 Å². The van der Waals surface area contributed by atoms with Crippen LogP contribution in [0.2, 0.25) is 0 Å². The Bertz CT molecular complexity index is 363. The lowest BCUT2D eigenvalue weighted by Gasteiger charge is -2.11. The molecule has 0 spiro atoms. The molecular formula is C10H11O4P. The van der Waals surface area contributed by atoms with Gasteiger partial charge >= 0.3 is 14.6 Å². The van der Waals surface area contributed by atoms with Crippen molar-refractivity contribution in [2.24, 2.45) is 0 Å². The molecule has 0 N–H and O–H groups in total. The Kier molecular flexibility index (Phi) is 2.63. The van der Waals surface area contributed by atoms with Gasteiger partial charge in [-0.2, -0.15) is 0 Å². The van der Waals surface area contributed by atoms with Crippen molar-refractivity contribution < 1.29 is 18.4 Å². The zero-order valence-corrected chi connectivity index (χ0v) is 9.36. The fourth-order valence-electron chi connectivity index (χ4n) is 1.02. The first kappa shape index (κ1) is 10.4. The van der Waals surface area contributed by atoms with Crippen LogP contribution in [0.1, 0.15) is 13.8 Å². The van der Waals surface area contributed by atoms with Crippen molar-refractivity contribution in [2.45, 2.75) is 19.4 Å². The summed E-state index contributed by atoms with van der Waals surface area (Å²) in [5.41, 5.74) is -0.902. The molecule has 1 saturated heterocycles. The second-order valence-corrected chi connectivity index (χ2v) is 4.60. The number of hydrogen-bond donors (Lipinski definition) is 0. The molecule has 0 saturated carbocycles. The minimum atomic E-state index is -1.60. The molecule has 1 aliphatic rings. The Hall–Kier alpha value is -1.12. The van der Waals surface area contributed by atoms with Gasteiger partial charge in [-0.15, -0.1) is 0 Å². The van der Waals surface area contributed by atoms with Crippen LogP contribution in [0, 0.1) is 0 Å². The average Bonchev–Trinajstić information content (AvgIpc) is 2.42. The summed E-state index contributed by atoms with van der Waals surface area (Å²) in [6.07, 6.45) is 0. The van der Waals surface area contributed by atoms with Gasteiger partial charge in [0.05, 0.1) is 0 Å². The summed E-state index contributed by atoms with van der Waals surface area (Å²) in [6.45, 7) is 3.32. The molecule has 1 fully saturated rings. The first-order valence-corrected chi connectivity index (χ1v) is 5.62. The van der Waals surface area contributed by atoms with Crippen LogP contribution in [0.4, 0.5) is 0 Å². The predicted molar refractivity (Wildman–Crippen MR) is 55.2 cm³/mol. The molecule has 2 rings (SSSR count). The quantitative estimate of drug-likeness (QED) is 0.727. The van der Waals surface area contributed by atoms with Gasteiger partial charge in [0.1, 0.15) is 5.75 Å². The lowest BCUT2D eigenvalue weighted by Crippen LogP contribution is -2.27. The molecule has 0 bridgehead atoms. The molecule has 5 heteroatoms. The maximum atomic E-state index is 11.3. The largest absolute Gasteiger partial charge is 0.466 e. The van der Waals surface area contributed by atoms with E-state index in [4.69, 9.17) is 13.6 Å². The van der Waals surface area contributed by atoms with Crippen LogP contribution >= 0.6 is 8.60 Å². The zero-order chi connectivity index (χ0) is 10.9. The average molecular weight is 226 g/mol. The van der Waals surface area contributed by atoms with E-state index in [9.17, 15) is 4.79 Å². The molecule has 80 valence electrons. The summed E-state index contributed by atoms with van der Waals surface area (Å²) in [5.74, 6) is 0.249. The van der Waals surface area contributed by atoms with E-state index in [2.05, 4.69) is 0 Å². The number of carbonyl (C=O) groups excluding carboxylic acids is 1. The predicted octanol–water partition coefficient (Wildman–Crippen LogP) is 2.64. The third kappa shape index (κ3) is 2.28. The minimum Gasteiger partial charge on any atom is -0.418 e. The summed E-state index contributed by atoms with van der Waals surface area (Å²) < 4.78 is 15.7. The molecule has 1 heterocycles. The van der Waals surface area contributed by atoms with E-state index in [0.29, 0.717) is 5.75 Å². The summed E-state index contributed by atoms with van der Waals surface area (Å²) in [5, 5.41) is 0. The highest BCUT2D eigenvalue weighted by molar-refractivity contribution is 7.43. The normalized spacial score (nSPS) is 23.6. The number of hydrogen-bond acceptors (Lipinski definition) is 4. The standard InChI is InChI=1S/C10H11O4P/c1-10(2)9(11)13-15(14-10)12-8-6-4-3-5-7-8/h3-7H,1-2H3. The Balaban J connectivity index is 2.02. The van der Waals surface area contributed by atoms with Crippen molar-refractivity contribution in [3.63, 3.8) is 0 Å². The molecule has 0 radical (unpaired) electrons. The van der Waals surface area contributed by atoms with Gasteiger partial charge in [0.2, 0.25) is 0 Å². The highest BCUT2D eigenvalue weighted by Gasteiger charge is 2.46. The zero-order valence-electron chi connectivity index (χ0n) is 8.47.